The van der Waals surface area contributed by atoms with Crippen LogP contribution in [-0.2, 0) is 4.74 Å². The summed E-state index contributed by atoms with van der Waals surface area (Å²) >= 11 is 0. The number of nitrogens with zero attached hydrogens (tertiary/aromatic N) is 3. The molecule has 0 N–H and O–H groups in total. The van der Waals surface area contributed by atoms with Gasteiger partial charge in [0.25, 0.3) is 0 Å². The third-order valence-corrected chi connectivity index (χ3v) is 7.43. The minimum Gasteiger partial charge on any atom is -0.380 e. The number of piperazine rings is 1. The molecule has 0 aromatic rings. The minimum absolute atomic E-state index is 0.245. The fraction of sp³-hybridized carbons (Fsp3) is 0.923. The number of hydrogen-bond acceptors (Lipinski definition) is 4. The van der Waals surface area contributed by atoms with Crippen molar-refractivity contribution in [2.75, 3.05) is 65.6 Å². The number of unbranched alkanes of at least 4 members (excludes halogenated alkanes) is 1. The summed E-state index contributed by atoms with van der Waals surface area (Å²) in [4.78, 5) is 7.89. The van der Waals surface area contributed by atoms with Gasteiger partial charge in [0.2, 0.25) is 0 Å². The Morgan fingerprint density at radius 1 is 0.967 bits per heavy atom. The summed E-state index contributed by atoms with van der Waals surface area (Å²) in [5.41, 5.74) is 0.245. The first-order valence-corrected chi connectivity index (χ1v) is 12.8. The van der Waals surface area contributed by atoms with Gasteiger partial charge in [0.1, 0.15) is 0 Å². The van der Waals surface area contributed by atoms with Gasteiger partial charge in [0, 0.05) is 57.3 Å². The maximum atomic E-state index is 5.50. The molecule has 0 saturated carbocycles. The monoisotopic (exact) mass is 423 g/mol. The van der Waals surface area contributed by atoms with Crippen LogP contribution in [0.1, 0.15) is 73.6 Å². The molecule has 2 rings (SSSR count). The molecule has 2 atom stereocenters. The molecule has 2 heterocycles. The van der Waals surface area contributed by atoms with Crippen molar-refractivity contribution in [3.63, 3.8) is 0 Å². The van der Waals surface area contributed by atoms with E-state index in [4.69, 9.17) is 4.74 Å². The molecule has 2 aliphatic heterocycles. The van der Waals surface area contributed by atoms with Crippen LogP contribution < -0.4 is 0 Å². The Morgan fingerprint density at radius 3 is 2.00 bits per heavy atom. The van der Waals surface area contributed by atoms with E-state index in [2.05, 4.69) is 68.9 Å². The van der Waals surface area contributed by atoms with Crippen LogP contribution in [0.5, 0.6) is 0 Å². The van der Waals surface area contributed by atoms with Crippen molar-refractivity contribution in [3.8, 4) is 0 Å². The zero-order chi connectivity index (χ0) is 22.4. The van der Waals surface area contributed by atoms with E-state index in [1.165, 1.54) is 77.9 Å². The standard InChI is InChI=1S/C22H43N3O.C4H10/c1-6-20(4)25-11-9-21(10-12-25)22(5,7-2)19-24-15-13-23(14-16-24)17-18-26-8-3;1-3-4-2/h7,20-21H,2,6,8-19H2,1,3-5H3;3-4H2,1-2H3. The fourth-order valence-electron chi connectivity index (χ4n) is 4.61. The van der Waals surface area contributed by atoms with Gasteiger partial charge >= 0.3 is 0 Å². The molecule has 2 unspecified atom stereocenters. The SMILES string of the molecule is C=CC(C)(CN1CCN(CCOCC)CC1)C1CCN(C(C)CC)CC1.CCCC. The molecule has 178 valence electrons. The third-order valence-electron chi connectivity index (χ3n) is 7.43. The summed E-state index contributed by atoms with van der Waals surface area (Å²) in [6.45, 7) is 29.0. The van der Waals surface area contributed by atoms with Crippen molar-refractivity contribution in [2.45, 2.75) is 79.7 Å². The maximum absolute atomic E-state index is 5.50. The predicted octanol–water partition coefficient (Wildman–Crippen LogP) is 5.15. The second-order valence-electron chi connectivity index (χ2n) is 9.59. The van der Waals surface area contributed by atoms with Gasteiger partial charge in [-0.15, -0.1) is 6.58 Å². The van der Waals surface area contributed by atoms with E-state index in [1.54, 1.807) is 0 Å². The molecule has 0 aromatic heterocycles. The summed E-state index contributed by atoms with van der Waals surface area (Å²) in [6.07, 6.45) is 8.80. The normalized spacial score (nSPS) is 22.7. The zero-order valence-corrected chi connectivity index (χ0v) is 21.3. The van der Waals surface area contributed by atoms with E-state index < -0.39 is 0 Å². The van der Waals surface area contributed by atoms with E-state index in [-0.39, 0.29) is 5.41 Å². The number of ether oxygens (including phenoxy) is 1. The van der Waals surface area contributed by atoms with Crippen LogP contribution in [0.3, 0.4) is 0 Å². The van der Waals surface area contributed by atoms with Crippen LogP contribution in [0.15, 0.2) is 12.7 Å². The highest BCUT2D eigenvalue weighted by atomic mass is 16.5. The lowest BCUT2D eigenvalue weighted by Crippen LogP contribution is -2.52. The van der Waals surface area contributed by atoms with Crippen molar-refractivity contribution < 1.29 is 4.74 Å². The number of rotatable bonds is 11. The number of piperidine rings is 1. The summed E-state index contributed by atoms with van der Waals surface area (Å²) in [5, 5.41) is 0. The first-order valence-electron chi connectivity index (χ1n) is 12.8. The first-order chi connectivity index (χ1) is 14.4. The largest absolute Gasteiger partial charge is 0.380 e. The second kappa shape index (κ2) is 15.4. The Kier molecular flexibility index (Phi) is 14.2. The molecule has 0 aliphatic carbocycles. The van der Waals surface area contributed by atoms with Crippen LogP contribution >= 0.6 is 0 Å². The van der Waals surface area contributed by atoms with Crippen LogP contribution in [0.4, 0.5) is 0 Å². The van der Waals surface area contributed by atoms with Gasteiger partial charge < -0.3 is 9.64 Å². The average molecular weight is 424 g/mol. The van der Waals surface area contributed by atoms with Gasteiger partial charge in [-0.2, -0.15) is 0 Å². The van der Waals surface area contributed by atoms with Gasteiger partial charge in [-0.05, 0) is 52.1 Å². The molecule has 2 saturated heterocycles. The average Bonchev–Trinajstić information content (AvgIpc) is 2.80. The molecule has 4 nitrogen and oxygen atoms in total. The molecule has 2 fully saturated rings. The Balaban J connectivity index is 0.00000103. The highest BCUT2D eigenvalue weighted by Crippen LogP contribution is 2.38. The van der Waals surface area contributed by atoms with Gasteiger partial charge in [-0.1, -0.05) is 46.6 Å². The summed E-state index contributed by atoms with van der Waals surface area (Å²) in [6, 6.07) is 0.732. The summed E-state index contributed by atoms with van der Waals surface area (Å²) in [5.74, 6) is 0.774. The molecule has 4 heteroatoms. The van der Waals surface area contributed by atoms with Crippen LogP contribution in [0.25, 0.3) is 0 Å². The zero-order valence-electron chi connectivity index (χ0n) is 21.3. The highest BCUT2D eigenvalue weighted by Gasteiger charge is 2.36. The molecular weight excluding hydrogens is 370 g/mol. The van der Waals surface area contributed by atoms with Crippen molar-refractivity contribution in [1.29, 1.82) is 0 Å². The van der Waals surface area contributed by atoms with Crippen LogP contribution in [0, 0.1) is 11.3 Å². The molecule has 0 spiro atoms. The van der Waals surface area contributed by atoms with Gasteiger partial charge in [-0.25, -0.2) is 0 Å². The highest BCUT2D eigenvalue weighted by molar-refractivity contribution is 5.00. The molecule has 2 aliphatic rings. The summed E-state index contributed by atoms with van der Waals surface area (Å²) < 4.78 is 5.50. The Labute approximate surface area is 189 Å². The molecular formula is C26H53N3O. The lowest BCUT2D eigenvalue weighted by Gasteiger charge is -2.46. The van der Waals surface area contributed by atoms with Gasteiger partial charge in [0.05, 0.1) is 6.61 Å². The lowest BCUT2D eigenvalue weighted by atomic mass is 9.71. The minimum atomic E-state index is 0.245. The van der Waals surface area contributed by atoms with Crippen molar-refractivity contribution in [1.82, 2.24) is 14.7 Å². The van der Waals surface area contributed by atoms with Gasteiger partial charge in [0.15, 0.2) is 0 Å². The van der Waals surface area contributed by atoms with E-state index in [0.717, 1.165) is 31.7 Å². The molecule has 0 radical (unpaired) electrons. The number of hydrogen-bond donors (Lipinski definition) is 0. The van der Waals surface area contributed by atoms with Crippen LogP contribution in [-0.4, -0.2) is 86.3 Å². The number of likely N-dealkylation sites (tertiary alicyclic amines) is 1. The molecule has 30 heavy (non-hydrogen) atoms. The van der Waals surface area contributed by atoms with E-state index in [0.29, 0.717) is 0 Å². The Morgan fingerprint density at radius 2 is 1.53 bits per heavy atom. The Hall–Kier alpha value is -0.420. The molecule has 0 aromatic carbocycles. The van der Waals surface area contributed by atoms with Crippen molar-refractivity contribution in [3.05, 3.63) is 12.7 Å². The third kappa shape index (κ3) is 9.38. The van der Waals surface area contributed by atoms with E-state index in [1.807, 2.05) is 0 Å². The predicted molar refractivity (Wildman–Crippen MR) is 132 cm³/mol. The quantitative estimate of drug-likeness (QED) is 0.338. The smallest absolute Gasteiger partial charge is 0.0593 e. The fourth-order valence-corrected chi connectivity index (χ4v) is 4.61. The summed E-state index contributed by atoms with van der Waals surface area (Å²) in [7, 11) is 0. The van der Waals surface area contributed by atoms with E-state index >= 15 is 0 Å². The van der Waals surface area contributed by atoms with Crippen LogP contribution in [0.2, 0.25) is 0 Å². The topological polar surface area (TPSA) is 19.0 Å². The second-order valence-corrected chi connectivity index (χ2v) is 9.59. The molecule has 0 amide bonds. The van der Waals surface area contributed by atoms with Crippen molar-refractivity contribution >= 4 is 0 Å². The van der Waals surface area contributed by atoms with E-state index in [9.17, 15) is 0 Å². The van der Waals surface area contributed by atoms with Gasteiger partial charge in [-0.3, -0.25) is 9.80 Å². The Bertz CT molecular complexity index is 426. The maximum Gasteiger partial charge on any atom is 0.0593 e. The molecule has 0 bridgehead atoms. The lowest BCUT2D eigenvalue weighted by molar-refractivity contribution is 0.0405. The van der Waals surface area contributed by atoms with Crippen molar-refractivity contribution in [2.24, 2.45) is 11.3 Å². The first kappa shape index (κ1) is 27.6.